The zero-order valence-electron chi connectivity index (χ0n) is 15.3. The predicted molar refractivity (Wildman–Crippen MR) is 101 cm³/mol. The topological polar surface area (TPSA) is 69.2 Å². The fourth-order valence-electron chi connectivity index (χ4n) is 3.99. The van der Waals surface area contributed by atoms with Gasteiger partial charge in [-0.05, 0) is 46.4 Å². The Morgan fingerprint density at radius 1 is 1.31 bits per heavy atom. The summed E-state index contributed by atoms with van der Waals surface area (Å²) in [6, 6.07) is 9.89. The number of aliphatic hydroxyl groups is 1. The lowest BCUT2D eigenvalue weighted by atomic mass is 9.82. The lowest BCUT2D eigenvalue weighted by Gasteiger charge is -2.29. The number of carbonyl (C=O) groups is 1. The van der Waals surface area contributed by atoms with Crippen molar-refractivity contribution in [1.29, 1.82) is 0 Å². The molecule has 0 radical (unpaired) electrons. The highest BCUT2D eigenvalue weighted by Crippen LogP contribution is 2.37. The molecule has 0 bridgehead atoms. The maximum absolute atomic E-state index is 12.2. The molecule has 26 heavy (non-hydrogen) atoms. The SMILES string of the molecule is CC(C)CC(O)(c1ccc2c3c(ccc2c1)C(=O)N(C)C3)c1cnc[nH]1. The van der Waals surface area contributed by atoms with Gasteiger partial charge in [-0.3, -0.25) is 4.79 Å². The lowest BCUT2D eigenvalue weighted by Crippen LogP contribution is -2.29. The number of imidazole rings is 1. The van der Waals surface area contributed by atoms with Crippen LogP contribution in [0.4, 0.5) is 0 Å². The molecule has 1 unspecified atom stereocenters. The summed E-state index contributed by atoms with van der Waals surface area (Å²) in [6.07, 6.45) is 3.87. The van der Waals surface area contributed by atoms with E-state index >= 15 is 0 Å². The molecule has 0 aliphatic carbocycles. The first kappa shape index (κ1) is 16.8. The molecule has 1 atom stereocenters. The van der Waals surface area contributed by atoms with Crippen LogP contribution in [0.1, 0.15) is 47.4 Å². The second-order valence-corrected chi connectivity index (χ2v) is 7.61. The summed E-state index contributed by atoms with van der Waals surface area (Å²) in [4.78, 5) is 21.1. The van der Waals surface area contributed by atoms with E-state index in [-0.39, 0.29) is 5.91 Å². The lowest BCUT2D eigenvalue weighted by molar-refractivity contribution is 0.0536. The van der Waals surface area contributed by atoms with Gasteiger partial charge >= 0.3 is 0 Å². The molecule has 1 aliphatic heterocycles. The monoisotopic (exact) mass is 349 g/mol. The van der Waals surface area contributed by atoms with Gasteiger partial charge in [0.05, 0.1) is 18.2 Å². The number of rotatable bonds is 4. The second-order valence-electron chi connectivity index (χ2n) is 7.61. The number of H-pyrrole nitrogens is 1. The third kappa shape index (κ3) is 2.51. The van der Waals surface area contributed by atoms with Gasteiger partial charge in [-0.15, -0.1) is 0 Å². The normalized spacial score (nSPS) is 16.3. The largest absolute Gasteiger partial charge is 0.379 e. The number of aromatic amines is 1. The summed E-state index contributed by atoms with van der Waals surface area (Å²) >= 11 is 0. The van der Waals surface area contributed by atoms with E-state index < -0.39 is 5.60 Å². The number of fused-ring (bicyclic) bond motifs is 3. The van der Waals surface area contributed by atoms with E-state index in [4.69, 9.17) is 0 Å². The van der Waals surface area contributed by atoms with Crippen molar-refractivity contribution >= 4 is 16.7 Å². The molecule has 2 heterocycles. The fraction of sp³-hybridized carbons (Fsp3) is 0.333. The molecule has 4 rings (SSSR count). The van der Waals surface area contributed by atoms with Gasteiger partial charge in [0.1, 0.15) is 5.60 Å². The van der Waals surface area contributed by atoms with Crippen molar-refractivity contribution in [2.75, 3.05) is 7.05 Å². The predicted octanol–water partition coefficient (Wildman–Crippen LogP) is 3.43. The molecule has 0 spiro atoms. The molecule has 1 aliphatic rings. The van der Waals surface area contributed by atoms with Crippen LogP contribution in [0.15, 0.2) is 42.9 Å². The number of hydrogen-bond acceptors (Lipinski definition) is 3. The Morgan fingerprint density at radius 3 is 2.81 bits per heavy atom. The molecule has 2 aromatic carbocycles. The second kappa shape index (κ2) is 5.95. The van der Waals surface area contributed by atoms with Crippen LogP contribution in [0.25, 0.3) is 10.8 Å². The van der Waals surface area contributed by atoms with Crippen LogP contribution in [0.2, 0.25) is 0 Å². The molecule has 5 nitrogen and oxygen atoms in total. The maximum Gasteiger partial charge on any atom is 0.254 e. The Kier molecular flexibility index (Phi) is 3.84. The van der Waals surface area contributed by atoms with E-state index in [0.29, 0.717) is 24.6 Å². The Balaban J connectivity index is 1.86. The van der Waals surface area contributed by atoms with Gasteiger partial charge in [-0.25, -0.2) is 4.98 Å². The van der Waals surface area contributed by atoms with E-state index in [1.165, 1.54) is 0 Å². The third-order valence-electron chi connectivity index (χ3n) is 5.23. The van der Waals surface area contributed by atoms with Gasteiger partial charge in [0, 0.05) is 19.2 Å². The highest BCUT2D eigenvalue weighted by Gasteiger charge is 2.34. The number of carbonyl (C=O) groups excluding carboxylic acids is 1. The molecule has 0 fully saturated rings. The van der Waals surface area contributed by atoms with Crippen molar-refractivity contribution in [3.63, 3.8) is 0 Å². The van der Waals surface area contributed by atoms with Crippen molar-refractivity contribution in [2.45, 2.75) is 32.4 Å². The van der Waals surface area contributed by atoms with Crippen LogP contribution in [-0.4, -0.2) is 32.9 Å². The summed E-state index contributed by atoms with van der Waals surface area (Å²) in [6.45, 7) is 4.81. The first-order chi connectivity index (χ1) is 12.4. The molecule has 3 aromatic rings. The molecular weight excluding hydrogens is 326 g/mol. The molecule has 134 valence electrons. The summed E-state index contributed by atoms with van der Waals surface area (Å²) in [5.74, 6) is 0.380. The van der Waals surface area contributed by atoms with Crippen LogP contribution in [0.5, 0.6) is 0 Å². The van der Waals surface area contributed by atoms with E-state index in [9.17, 15) is 9.90 Å². The van der Waals surface area contributed by atoms with E-state index in [2.05, 4.69) is 23.8 Å². The molecule has 1 aromatic heterocycles. The van der Waals surface area contributed by atoms with Crippen LogP contribution in [0, 0.1) is 5.92 Å². The average Bonchev–Trinajstić information content (AvgIpc) is 3.23. The average molecular weight is 349 g/mol. The molecule has 5 heteroatoms. The standard InChI is InChI=1S/C21H23N3O2/c1-13(2)9-21(26,19-10-22-12-23-19)15-5-7-16-14(8-15)4-6-17-18(16)11-24(3)20(17)25/h4-8,10,12-13,26H,9,11H2,1-3H3,(H,22,23). The molecule has 1 amide bonds. The zero-order valence-corrected chi connectivity index (χ0v) is 15.3. The fourth-order valence-corrected chi connectivity index (χ4v) is 3.99. The number of amides is 1. The van der Waals surface area contributed by atoms with Gasteiger partial charge < -0.3 is 15.0 Å². The maximum atomic E-state index is 12.2. The van der Waals surface area contributed by atoms with Crippen LogP contribution in [-0.2, 0) is 12.1 Å². The number of aromatic nitrogens is 2. The Morgan fingerprint density at radius 2 is 2.12 bits per heavy atom. The molecule has 2 N–H and O–H groups in total. The minimum atomic E-state index is -1.12. The Bertz CT molecular complexity index is 978. The van der Waals surface area contributed by atoms with Crippen LogP contribution < -0.4 is 0 Å². The summed E-state index contributed by atoms with van der Waals surface area (Å²) in [7, 11) is 1.82. The highest BCUT2D eigenvalue weighted by molar-refractivity contribution is 6.04. The first-order valence-corrected chi connectivity index (χ1v) is 8.93. The first-order valence-electron chi connectivity index (χ1n) is 8.93. The number of nitrogens with zero attached hydrogens (tertiary/aromatic N) is 2. The summed E-state index contributed by atoms with van der Waals surface area (Å²) < 4.78 is 0. The molecule has 0 saturated heterocycles. The van der Waals surface area contributed by atoms with Gasteiger partial charge in [0.2, 0.25) is 0 Å². The third-order valence-corrected chi connectivity index (χ3v) is 5.23. The van der Waals surface area contributed by atoms with Gasteiger partial charge in [0.25, 0.3) is 5.91 Å². The van der Waals surface area contributed by atoms with Crippen molar-refractivity contribution in [3.05, 3.63) is 65.2 Å². The van der Waals surface area contributed by atoms with Gasteiger partial charge in [0.15, 0.2) is 0 Å². The van der Waals surface area contributed by atoms with Crippen LogP contribution in [0.3, 0.4) is 0 Å². The van der Waals surface area contributed by atoms with Gasteiger partial charge in [-0.2, -0.15) is 0 Å². The van der Waals surface area contributed by atoms with Crippen molar-refractivity contribution < 1.29 is 9.90 Å². The van der Waals surface area contributed by atoms with E-state index in [1.54, 1.807) is 17.4 Å². The van der Waals surface area contributed by atoms with Crippen molar-refractivity contribution in [1.82, 2.24) is 14.9 Å². The van der Waals surface area contributed by atoms with Crippen molar-refractivity contribution in [3.8, 4) is 0 Å². The minimum absolute atomic E-state index is 0.0692. The van der Waals surface area contributed by atoms with Gasteiger partial charge in [-0.1, -0.05) is 32.0 Å². The molecular formula is C21H23N3O2. The summed E-state index contributed by atoms with van der Waals surface area (Å²) in [5, 5.41) is 13.6. The Labute approximate surface area is 152 Å². The number of nitrogens with one attached hydrogen (secondary N) is 1. The minimum Gasteiger partial charge on any atom is -0.379 e. The summed E-state index contributed by atoms with van der Waals surface area (Å²) in [5.41, 5.74) is 2.25. The van der Waals surface area contributed by atoms with E-state index in [0.717, 1.165) is 27.5 Å². The highest BCUT2D eigenvalue weighted by atomic mass is 16.3. The Hall–Kier alpha value is -2.66. The zero-order chi connectivity index (χ0) is 18.5. The van der Waals surface area contributed by atoms with Crippen molar-refractivity contribution in [2.24, 2.45) is 5.92 Å². The number of benzene rings is 2. The molecule has 0 saturated carbocycles. The quantitative estimate of drug-likeness (QED) is 0.758. The van der Waals surface area contributed by atoms with Crippen LogP contribution >= 0.6 is 0 Å². The number of hydrogen-bond donors (Lipinski definition) is 2. The smallest absolute Gasteiger partial charge is 0.254 e. The van der Waals surface area contributed by atoms with E-state index in [1.807, 2.05) is 37.4 Å².